The number of aromatic nitrogens is 1. The second-order valence-corrected chi connectivity index (χ2v) is 4.09. The van der Waals surface area contributed by atoms with Gasteiger partial charge in [-0.3, -0.25) is 0 Å². The number of fused-ring (bicyclic) bond motifs is 3. The Morgan fingerprint density at radius 3 is 1.60 bits per heavy atom. The first-order valence-corrected chi connectivity index (χ1v) is 5.30. The van der Waals surface area contributed by atoms with E-state index in [0.29, 0.717) is 0 Å². The van der Waals surface area contributed by atoms with Gasteiger partial charge in [-0.05, 0) is 0 Å². The van der Waals surface area contributed by atoms with E-state index in [-0.39, 0.29) is 13.5 Å². The standard InChI is InChI=1S/C12H8N.Al.H2S.H/c1-3-7-11-9(5-1)10-6-2-4-8-12(10)13-11;;;/h1-8H;;1H2;/q-1;+2;;/p-1. The third-order valence-electron chi connectivity index (χ3n) is 2.68. The van der Waals surface area contributed by atoms with Gasteiger partial charge in [-0.2, -0.15) is 0 Å². The van der Waals surface area contributed by atoms with Crippen LogP contribution < -0.4 is 0 Å². The van der Waals surface area contributed by atoms with Crippen LogP contribution in [0.4, 0.5) is 0 Å². The molecule has 0 atom stereocenters. The first-order chi connectivity index (χ1) is 6.88. The van der Waals surface area contributed by atoms with E-state index in [9.17, 15) is 0 Å². The van der Waals surface area contributed by atoms with E-state index in [1.54, 1.807) is 0 Å². The Bertz CT molecular complexity index is 562. The number of benzene rings is 2. The molecule has 0 aliphatic rings. The van der Waals surface area contributed by atoms with Gasteiger partial charge in [0, 0.05) is 0 Å². The molecule has 0 amide bonds. The molecule has 0 saturated carbocycles. The van der Waals surface area contributed by atoms with E-state index in [1.165, 1.54) is 21.8 Å². The summed E-state index contributed by atoms with van der Waals surface area (Å²) in [6, 6.07) is 17.1. The van der Waals surface area contributed by atoms with Crippen LogP contribution in [0.15, 0.2) is 48.5 Å². The number of nitrogens with zero attached hydrogens (tertiary/aromatic N) is 1. The quantitative estimate of drug-likeness (QED) is 0.324. The fraction of sp³-hybridized carbons (Fsp3) is 0. The second kappa shape index (κ2) is 3.94. The molecule has 3 heteroatoms. The van der Waals surface area contributed by atoms with Crippen LogP contribution in [0.25, 0.3) is 21.8 Å². The average Bonchev–Trinajstić information content (AvgIpc) is 2.55. The SMILES string of the molecule is [AlH+][n]1c2ccccc2c2ccccc21.[SH-]. The predicted octanol–water partition coefficient (Wildman–Crippen LogP) is 2.19. The van der Waals surface area contributed by atoms with Crippen LogP contribution in [-0.2, 0) is 13.5 Å². The molecule has 1 nitrogen and oxygen atoms in total. The zero-order valence-corrected chi connectivity index (χ0v) is 10.5. The molecule has 3 rings (SSSR count). The molecule has 0 N–H and O–H groups in total. The molecule has 1 heterocycles. The number of para-hydroxylation sites is 2. The van der Waals surface area contributed by atoms with E-state index < -0.39 is 0 Å². The minimum atomic E-state index is 0. The summed E-state index contributed by atoms with van der Waals surface area (Å²) in [4.78, 5) is 0. The van der Waals surface area contributed by atoms with Crippen molar-refractivity contribution in [1.82, 2.24) is 3.55 Å². The Kier molecular flexibility index (Phi) is 2.79. The molecule has 0 aliphatic heterocycles. The van der Waals surface area contributed by atoms with Gasteiger partial charge in [-0.1, -0.05) is 0 Å². The molecule has 72 valence electrons. The van der Waals surface area contributed by atoms with Gasteiger partial charge in [0.05, 0.1) is 0 Å². The molecular formula is C12H10AlNS. The minimum Gasteiger partial charge on any atom is -0.813 e. The summed E-state index contributed by atoms with van der Waals surface area (Å²) in [5, 5.41) is 2.69. The van der Waals surface area contributed by atoms with Crippen LogP contribution >= 0.6 is 0 Å². The number of hydrogen-bond donors (Lipinski definition) is 0. The molecule has 3 aromatic rings. The Morgan fingerprint density at radius 2 is 1.13 bits per heavy atom. The van der Waals surface area contributed by atoms with Crippen molar-refractivity contribution in [2.24, 2.45) is 0 Å². The summed E-state index contributed by atoms with van der Waals surface area (Å²) in [7, 11) is 0. The molecule has 0 unspecified atom stereocenters. The van der Waals surface area contributed by atoms with Gasteiger partial charge in [0.15, 0.2) is 0 Å². The zero-order valence-electron chi connectivity index (χ0n) is 8.22. The van der Waals surface area contributed by atoms with Crippen molar-refractivity contribution >= 4 is 51.8 Å². The van der Waals surface area contributed by atoms with Crippen LogP contribution in [0.1, 0.15) is 0 Å². The maximum absolute atomic E-state index is 2.27. The van der Waals surface area contributed by atoms with E-state index in [0.717, 1.165) is 0 Å². The summed E-state index contributed by atoms with van der Waals surface area (Å²) in [5.41, 5.74) is 2.62. The van der Waals surface area contributed by atoms with Crippen LogP contribution in [0, 0.1) is 0 Å². The summed E-state index contributed by atoms with van der Waals surface area (Å²) in [6.45, 7) is 0. The van der Waals surface area contributed by atoms with Crippen molar-refractivity contribution in [3.63, 3.8) is 0 Å². The van der Waals surface area contributed by atoms with Crippen molar-refractivity contribution in [1.29, 1.82) is 0 Å². The molecule has 0 aliphatic carbocycles. The Labute approximate surface area is 104 Å². The van der Waals surface area contributed by atoms with Gasteiger partial charge in [0.1, 0.15) is 0 Å². The van der Waals surface area contributed by atoms with Crippen LogP contribution in [0.2, 0.25) is 0 Å². The second-order valence-electron chi connectivity index (χ2n) is 3.46. The third kappa shape index (κ3) is 1.48. The predicted molar refractivity (Wildman–Crippen MR) is 70.8 cm³/mol. The van der Waals surface area contributed by atoms with Crippen molar-refractivity contribution in [2.45, 2.75) is 0 Å². The molecule has 2 aromatic carbocycles. The Balaban J connectivity index is 0.000000853. The molecule has 0 saturated heterocycles. The molecule has 0 bridgehead atoms. The van der Waals surface area contributed by atoms with E-state index >= 15 is 0 Å². The first-order valence-electron chi connectivity index (χ1n) is 4.67. The normalized spacial score (nSPS) is 10.3. The van der Waals surface area contributed by atoms with Crippen molar-refractivity contribution in [3.8, 4) is 0 Å². The molecule has 0 fully saturated rings. The Morgan fingerprint density at radius 1 is 0.733 bits per heavy atom. The number of rotatable bonds is 0. The van der Waals surface area contributed by atoms with Crippen molar-refractivity contribution < 1.29 is 0 Å². The summed E-state index contributed by atoms with van der Waals surface area (Å²) >= 11 is 1.90. The third-order valence-corrected chi connectivity index (χ3v) is 3.36. The molecule has 0 radical (unpaired) electrons. The van der Waals surface area contributed by atoms with Crippen molar-refractivity contribution in [2.75, 3.05) is 0 Å². The van der Waals surface area contributed by atoms with Gasteiger partial charge in [-0.25, -0.2) is 0 Å². The van der Waals surface area contributed by atoms with Crippen LogP contribution in [-0.4, -0.2) is 20.1 Å². The van der Waals surface area contributed by atoms with Gasteiger partial charge in [0.25, 0.3) is 0 Å². The average molecular weight is 227 g/mol. The van der Waals surface area contributed by atoms with Gasteiger partial charge < -0.3 is 13.5 Å². The van der Waals surface area contributed by atoms with Gasteiger partial charge >= 0.3 is 90.4 Å². The molecule has 1 aromatic heterocycles. The fourth-order valence-corrected chi connectivity index (χ4v) is 2.55. The van der Waals surface area contributed by atoms with E-state index in [4.69, 9.17) is 0 Å². The minimum absolute atomic E-state index is 0. The number of hydrogen-bond acceptors (Lipinski definition) is 1. The topological polar surface area (TPSA) is 4.93 Å². The van der Waals surface area contributed by atoms with E-state index in [2.05, 4.69) is 52.1 Å². The summed E-state index contributed by atoms with van der Waals surface area (Å²) < 4.78 is 2.27. The van der Waals surface area contributed by atoms with Gasteiger partial charge in [-0.15, -0.1) is 0 Å². The summed E-state index contributed by atoms with van der Waals surface area (Å²) in [6.07, 6.45) is 0. The maximum Gasteiger partial charge on any atom is -0.813 e. The monoisotopic (exact) mass is 227 g/mol. The van der Waals surface area contributed by atoms with Gasteiger partial charge in [0.2, 0.25) is 0 Å². The van der Waals surface area contributed by atoms with E-state index in [1.807, 2.05) is 16.5 Å². The smallest absolute Gasteiger partial charge is 0.813 e. The van der Waals surface area contributed by atoms with Crippen LogP contribution in [0.5, 0.6) is 0 Å². The Hall–Kier alpha value is -0.878. The zero-order chi connectivity index (χ0) is 9.54. The molecule has 15 heavy (non-hydrogen) atoms. The number of thiol groups is 1. The fourth-order valence-electron chi connectivity index (χ4n) is 2.00. The largest absolute Gasteiger partial charge is 0.813 e. The first kappa shape index (κ1) is 10.6. The van der Waals surface area contributed by atoms with Crippen molar-refractivity contribution in [3.05, 3.63) is 48.5 Å². The van der Waals surface area contributed by atoms with Crippen LogP contribution in [0.3, 0.4) is 0 Å². The molecule has 0 spiro atoms. The summed E-state index contributed by atoms with van der Waals surface area (Å²) in [5.74, 6) is 0. The maximum atomic E-state index is 2.27. The molecular weight excluding hydrogens is 217 g/mol.